The average molecular weight is 491 g/mol. The van der Waals surface area contributed by atoms with Crippen LogP contribution in [0.5, 0.6) is 0 Å². The molecule has 1 N–H and O–H groups in total. The van der Waals surface area contributed by atoms with Gasteiger partial charge in [-0.1, -0.05) is 29.8 Å². The molecule has 8 nitrogen and oxygen atoms in total. The van der Waals surface area contributed by atoms with Gasteiger partial charge in [0.05, 0.1) is 11.7 Å². The van der Waals surface area contributed by atoms with Gasteiger partial charge in [0.2, 0.25) is 21.8 Å². The highest BCUT2D eigenvalue weighted by molar-refractivity contribution is 7.89. The van der Waals surface area contributed by atoms with Crippen molar-refractivity contribution in [1.82, 2.24) is 9.62 Å². The number of amides is 2. The number of hydrogen-bond donors (Lipinski definition) is 1. The molecule has 176 valence electrons. The number of sulfonamides is 1. The fourth-order valence-electron chi connectivity index (χ4n) is 4.19. The first-order chi connectivity index (χ1) is 15.8. The molecule has 2 aromatic carbocycles. The van der Waals surface area contributed by atoms with E-state index in [1.165, 1.54) is 4.31 Å². The van der Waals surface area contributed by atoms with Gasteiger partial charge in [-0.3, -0.25) is 9.59 Å². The van der Waals surface area contributed by atoms with E-state index in [0.29, 0.717) is 37.7 Å². The number of nitrogens with zero attached hydrogens (tertiary/aromatic N) is 3. The van der Waals surface area contributed by atoms with E-state index in [1.54, 1.807) is 4.90 Å². The molecule has 2 fully saturated rings. The summed E-state index contributed by atoms with van der Waals surface area (Å²) in [7, 11) is -3.49. The summed E-state index contributed by atoms with van der Waals surface area (Å²) in [4.78, 5) is 28.6. The lowest BCUT2D eigenvalue weighted by molar-refractivity contribution is -0.126. The molecule has 0 aromatic heterocycles. The van der Waals surface area contributed by atoms with Gasteiger partial charge in [-0.05, 0) is 36.4 Å². The number of nitrogens with one attached hydrogen (secondary N) is 1. The van der Waals surface area contributed by atoms with Gasteiger partial charge in [-0.2, -0.15) is 4.31 Å². The number of piperazine rings is 1. The van der Waals surface area contributed by atoms with E-state index >= 15 is 0 Å². The van der Waals surface area contributed by atoms with Gasteiger partial charge in [0.25, 0.3) is 0 Å². The predicted octanol–water partition coefficient (Wildman–Crippen LogP) is 1.96. The molecule has 0 radical (unpaired) electrons. The molecule has 2 aliphatic rings. The van der Waals surface area contributed by atoms with Crippen molar-refractivity contribution in [1.29, 1.82) is 0 Å². The van der Waals surface area contributed by atoms with Crippen LogP contribution in [-0.2, 0) is 19.6 Å². The summed E-state index contributed by atoms with van der Waals surface area (Å²) in [5, 5.41) is 3.37. The fraction of sp³-hybridized carbons (Fsp3) is 0.391. The van der Waals surface area contributed by atoms with E-state index in [-0.39, 0.29) is 30.5 Å². The summed E-state index contributed by atoms with van der Waals surface area (Å²) in [6, 6.07) is 16.7. The van der Waals surface area contributed by atoms with Crippen molar-refractivity contribution < 1.29 is 18.0 Å². The zero-order valence-corrected chi connectivity index (χ0v) is 19.8. The van der Waals surface area contributed by atoms with Crippen LogP contribution in [0.2, 0.25) is 5.02 Å². The van der Waals surface area contributed by atoms with E-state index in [2.05, 4.69) is 10.2 Å². The minimum atomic E-state index is -3.49. The van der Waals surface area contributed by atoms with Crippen LogP contribution in [0.1, 0.15) is 6.42 Å². The lowest BCUT2D eigenvalue weighted by atomic mass is 10.1. The number of anilines is 2. The molecule has 1 atom stereocenters. The van der Waals surface area contributed by atoms with Crippen LogP contribution in [0, 0.1) is 5.92 Å². The van der Waals surface area contributed by atoms with Gasteiger partial charge in [0.15, 0.2) is 0 Å². The Kier molecular flexibility index (Phi) is 7.21. The molecule has 2 saturated heterocycles. The molecule has 0 spiro atoms. The molecule has 0 aliphatic carbocycles. The Hall–Kier alpha value is -2.62. The third-order valence-electron chi connectivity index (χ3n) is 6.05. The molecule has 4 rings (SSSR count). The van der Waals surface area contributed by atoms with Gasteiger partial charge < -0.3 is 15.1 Å². The van der Waals surface area contributed by atoms with Gasteiger partial charge in [-0.15, -0.1) is 0 Å². The van der Waals surface area contributed by atoms with Crippen LogP contribution in [0.15, 0.2) is 54.6 Å². The maximum Gasteiger partial charge on any atom is 0.227 e. The highest BCUT2D eigenvalue weighted by atomic mass is 35.5. The van der Waals surface area contributed by atoms with Crippen LogP contribution in [-0.4, -0.2) is 69.6 Å². The maximum atomic E-state index is 12.7. The molecule has 2 aromatic rings. The van der Waals surface area contributed by atoms with Crippen molar-refractivity contribution in [2.75, 3.05) is 54.8 Å². The lowest BCUT2D eigenvalue weighted by Gasteiger charge is -2.35. The monoisotopic (exact) mass is 490 g/mol. The smallest absolute Gasteiger partial charge is 0.227 e. The second-order valence-corrected chi connectivity index (χ2v) is 10.7. The number of carbonyl (C=O) groups excluding carboxylic acids is 2. The molecule has 10 heteroatoms. The fourth-order valence-corrected chi connectivity index (χ4v) is 5.66. The number of benzene rings is 2. The minimum Gasteiger partial charge on any atom is -0.369 e. The number of halogens is 1. The lowest BCUT2D eigenvalue weighted by Crippen LogP contribution is -2.50. The van der Waals surface area contributed by atoms with Crippen LogP contribution in [0.4, 0.5) is 11.4 Å². The molecule has 0 saturated carbocycles. The van der Waals surface area contributed by atoms with Crippen molar-refractivity contribution in [3.05, 3.63) is 59.6 Å². The average Bonchev–Trinajstić information content (AvgIpc) is 3.22. The molecular weight excluding hydrogens is 464 g/mol. The first-order valence-corrected chi connectivity index (χ1v) is 12.9. The van der Waals surface area contributed by atoms with Gasteiger partial charge in [0.1, 0.15) is 0 Å². The third kappa shape index (κ3) is 5.66. The molecule has 2 amide bonds. The van der Waals surface area contributed by atoms with E-state index in [9.17, 15) is 18.0 Å². The number of carbonyl (C=O) groups is 2. The topological polar surface area (TPSA) is 90.0 Å². The van der Waals surface area contributed by atoms with E-state index in [1.807, 2.05) is 54.6 Å². The highest BCUT2D eigenvalue weighted by Crippen LogP contribution is 2.25. The van der Waals surface area contributed by atoms with Gasteiger partial charge >= 0.3 is 0 Å². The highest BCUT2D eigenvalue weighted by Gasteiger charge is 2.35. The van der Waals surface area contributed by atoms with Crippen LogP contribution >= 0.6 is 11.6 Å². The Morgan fingerprint density at radius 1 is 0.970 bits per heavy atom. The molecule has 0 bridgehead atoms. The summed E-state index contributed by atoms with van der Waals surface area (Å²) >= 11 is 5.93. The Morgan fingerprint density at radius 2 is 1.64 bits per heavy atom. The molecule has 2 heterocycles. The predicted molar refractivity (Wildman–Crippen MR) is 129 cm³/mol. The van der Waals surface area contributed by atoms with Crippen LogP contribution in [0.3, 0.4) is 0 Å². The van der Waals surface area contributed by atoms with Crippen molar-refractivity contribution in [3.8, 4) is 0 Å². The summed E-state index contributed by atoms with van der Waals surface area (Å²) in [5.74, 6) is -1.04. The number of hydrogen-bond acceptors (Lipinski definition) is 5. The van der Waals surface area contributed by atoms with Gasteiger partial charge in [-0.25, -0.2) is 8.42 Å². The Labute approximate surface area is 199 Å². The van der Waals surface area contributed by atoms with E-state index < -0.39 is 15.9 Å². The second kappa shape index (κ2) is 10.1. The number of rotatable bonds is 7. The van der Waals surface area contributed by atoms with Gasteiger partial charge in [0, 0.05) is 62.1 Å². The first-order valence-electron chi connectivity index (χ1n) is 10.9. The van der Waals surface area contributed by atoms with Crippen LogP contribution in [0.25, 0.3) is 0 Å². The SMILES string of the molecule is O=C(NCCS(=O)(=O)N1CCN(c2ccc(Cl)cc2)CC1)C1CC(=O)N(c2ccccc2)C1. The summed E-state index contributed by atoms with van der Waals surface area (Å²) in [6.45, 7) is 2.28. The molecule has 1 unspecified atom stereocenters. The van der Waals surface area contributed by atoms with Crippen molar-refractivity contribution in [2.45, 2.75) is 6.42 Å². The van der Waals surface area contributed by atoms with Crippen LogP contribution < -0.4 is 15.1 Å². The Balaban J connectivity index is 1.23. The Bertz CT molecular complexity index is 1090. The molecule has 2 aliphatic heterocycles. The third-order valence-corrected chi connectivity index (χ3v) is 8.17. The summed E-state index contributed by atoms with van der Waals surface area (Å²) < 4.78 is 27.0. The Morgan fingerprint density at radius 3 is 2.30 bits per heavy atom. The largest absolute Gasteiger partial charge is 0.369 e. The summed E-state index contributed by atoms with van der Waals surface area (Å²) in [6.07, 6.45) is 0.125. The normalized spacial score (nSPS) is 19.7. The van der Waals surface area contributed by atoms with E-state index in [0.717, 1.165) is 11.4 Å². The first kappa shape index (κ1) is 23.5. The van der Waals surface area contributed by atoms with Crippen molar-refractivity contribution in [3.63, 3.8) is 0 Å². The zero-order valence-electron chi connectivity index (χ0n) is 18.2. The zero-order chi connectivity index (χ0) is 23.4. The standard InChI is InChI=1S/C23H27ClN4O4S/c24-19-6-8-20(9-7-19)26-11-13-27(14-12-26)33(31,32)15-10-25-23(30)18-16-22(29)28(17-18)21-4-2-1-3-5-21/h1-9,18H,10-17H2,(H,25,30). The minimum absolute atomic E-state index is 0.0224. The second-order valence-electron chi connectivity index (χ2n) is 8.21. The van der Waals surface area contributed by atoms with Crippen molar-refractivity contribution in [2.24, 2.45) is 5.92 Å². The maximum absolute atomic E-state index is 12.7. The quantitative estimate of drug-likeness (QED) is 0.640. The van der Waals surface area contributed by atoms with Crippen molar-refractivity contribution >= 4 is 44.8 Å². The number of para-hydroxylation sites is 1. The van der Waals surface area contributed by atoms with E-state index in [4.69, 9.17) is 11.6 Å². The summed E-state index contributed by atoms with van der Waals surface area (Å²) in [5.41, 5.74) is 1.78. The molecular formula is C23H27ClN4O4S. The molecule has 33 heavy (non-hydrogen) atoms.